The molecule has 0 aromatic heterocycles. The van der Waals surface area contributed by atoms with Crippen LogP contribution < -0.4 is 14.8 Å². The number of piperazine rings is 1. The van der Waals surface area contributed by atoms with Crippen LogP contribution in [-0.4, -0.2) is 45.3 Å². The molecule has 1 aliphatic heterocycles. The molecule has 1 atom stereocenters. The van der Waals surface area contributed by atoms with Gasteiger partial charge in [-0.25, -0.2) is 0 Å². The van der Waals surface area contributed by atoms with Crippen LogP contribution in [0.2, 0.25) is 5.02 Å². The lowest BCUT2D eigenvalue weighted by molar-refractivity contribution is 0.160. The molecule has 5 heteroatoms. The van der Waals surface area contributed by atoms with Crippen molar-refractivity contribution in [2.24, 2.45) is 5.92 Å². The summed E-state index contributed by atoms with van der Waals surface area (Å²) in [5.41, 5.74) is 1.17. The average Bonchev–Trinajstić information content (AvgIpc) is 3.37. The zero-order chi connectivity index (χ0) is 15.5. The summed E-state index contributed by atoms with van der Waals surface area (Å²) >= 11 is 6.66. The molecule has 0 unspecified atom stereocenters. The maximum atomic E-state index is 6.66. The number of halogens is 1. The highest BCUT2D eigenvalue weighted by atomic mass is 35.5. The Balaban J connectivity index is 1.92. The Morgan fingerprint density at radius 3 is 2.55 bits per heavy atom. The lowest BCUT2D eigenvalue weighted by Gasteiger charge is -2.36. The normalized spacial score (nSPS) is 20.7. The molecular formula is C17H25ClN2O2. The third-order valence-electron chi connectivity index (χ3n) is 4.72. The minimum absolute atomic E-state index is 0.377. The van der Waals surface area contributed by atoms with Crippen LogP contribution in [0.1, 0.15) is 30.9 Å². The van der Waals surface area contributed by atoms with Crippen molar-refractivity contribution >= 4 is 11.6 Å². The second-order valence-electron chi connectivity index (χ2n) is 6.19. The molecule has 1 aromatic carbocycles. The van der Waals surface area contributed by atoms with E-state index < -0.39 is 0 Å². The summed E-state index contributed by atoms with van der Waals surface area (Å²) in [7, 11) is 3.29. The molecule has 1 aliphatic carbocycles. The van der Waals surface area contributed by atoms with Crippen molar-refractivity contribution in [3.05, 3.63) is 22.7 Å². The van der Waals surface area contributed by atoms with Crippen LogP contribution in [0.5, 0.6) is 11.5 Å². The van der Waals surface area contributed by atoms with Crippen molar-refractivity contribution in [2.75, 3.05) is 40.4 Å². The first-order valence-electron chi connectivity index (χ1n) is 8.09. The minimum Gasteiger partial charge on any atom is -0.493 e. The van der Waals surface area contributed by atoms with Gasteiger partial charge in [-0.15, -0.1) is 0 Å². The third kappa shape index (κ3) is 3.34. The Bertz CT molecular complexity index is 514. The molecule has 1 heterocycles. The van der Waals surface area contributed by atoms with Gasteiger partial charge in [-0.2, -0.15) is 0 Å². The summed E-state index contributed by atoms with van der Waals surface area (Å²) < 4.78 is 10.8. The first-order valence-corrected chi connectivity index (χ1v) is 8.47. The monoisotopic (exact) mass is 324 g/mol. The van der Waals surface area contributed by atoms with E-state index in [9.17, 15) is 0 Å². The molecule has 0 bridgehead atoms. The molecule has 1 N–H and O–H groups in total. The number of benzene rings is 1. The zero-order valence-corrected chi connectivity index (χ0v) is 14.2. The molecular weight excluding hydrogens is 300 g/mol. The number of methoxy groups -OCH3 is 2. The Morgan fingerprint density at radius 1 is 1.23 bits per heavy atom. The Hall–Kier alpha value is -0.970. The van der Waals surface area contributed by atoms with E-state index in [0.29, 0.717) is 22.6 Å². The third-order valence-corrected chi connectivity index (χ3v) is 5.11. The van der Waals surface area contributed by atoms with Crippen molar-refractivity contribution in [3.63, 3.8) is 0 Å². The van der Waals surface area contributed by atoms with E-state index in [1.807, 2.05) is 6.07 Å². The van der Waals surface area contributed by atoms with Gasteiger partial charge in [-0.3, -0.25) is 4.90 Å². The molecule has 1 saturated carbocycles. The van der Waals surface area contributed by atoms with E-state index >= 15 is 0 Å². The number of hydrogen-bond donors (Lipinski definition) is 1. The number of nitrogens with zero attached hydrogens (tertiary/aromatic N) is 1. The highest BCUT2D eigenvalue weighted by Crippen LogP contribution is 2.45. The van der Waals surface area contributed by atoms with Crippen molar-refractivity contribution < 1.29 is 9.47 Å². The van der Waals surface area contributed by atoms with Gasteiger partial charge in [0, 0.05) is 32.2 Å². The van der Waals surface area contributed by atoms with Crippen LogP contribution in [-0.2, 0) is 0 Å². The topological polar surface area (TPSA) is 33.7 Å². The fraction of sp³-hybridized carbons (Fsp3) is 0.647. The first-order chi connectivity index (χ1) is 10.7. The molecule has 122 valence electrons. The second-order valence-corrected chi connectivity index (χ2v) is 6.56. The fourth-order valence-corrected chi connectivity index (χ4v) is 3.66. The van der Waals surface area contributed by atoms with Gasteiger partial charge in [-0.1, -0.05) is 30.5 Å². The molecule has 1 saturated heterocycles. The quantitative estimate of drug-likeness (QED) is 0.872. The number of nitrogens with one attached hydrogen (secondary N) is 1. The van der Waals surface area contributed by atoms with Crippen LogP contribution >= 0.6 is 11.6 Å². The van der Waals surface area contributed by atoms with E-state index in [1.54, 1.807) is 14.2 Å². The lowest BCUT2D eigenvalue weighted by atomic mass is 9.98. The number of hydrogen-bond acceptors (Lipinski definition) is 4. The van der Waals surface area contributed by atoms with Gasteiger partial charge in [-0.05, 0) is 24.0 Å². The van der Waals surface area contributed by atoms with Gasteiger partial charge in [0.25, 0.3) is 0 Å². The van der Waals surface area contributed by atoms with Crippen LogP contribution in [0.4, 0.5) is 0 Å². The van der Waals surface area contributed by atoms with Gasteiger partial charge < -0.3 is 14.8 Å². The molecule has 0 spiro atoms. The maximum Gasteiger partial charge on any atom is 0.179 e. The SMILES string of the molecule is COc1ccc([C@@H](CC2CC2)N2CCNCC2)c(Cl)c1OC. The van der Waals surface area contributed by atoms with Crippen molar-refractivity contribution in [2.45, 2.75) is 25.3 Å². The fourth-order valence-electron chi connectivity index (χ4n) is 3.30. The summed E-state index contributed by atoms with van der Waals surface area (Å²) in [6.07, 6.45) is 3.90. The van der Waals surface area contributed by atoms with Crippen molar-refractivity contribution in [3.8, 4) is 11.5 Å². The molecule has 2 fully saturated rings. The highest BCUT2D eigenvalue weighted by Gasteiger charge is 2.32. The van der Waals surface area contributed by atoms with Gasteiger partial charge in [0.1, 0.15) is 0 Å². The molecule has 22 heavy (non-hydrogen) atoms. The predicted molar refractivity (Wildman–Crippen MR) is 89.1 cm³/mol. The molecule has 4 nitrogen and oxygen atoms in total. The summed E-state index contributed by atoms with van der Waals surface area (Å²) in [6, 6.07) is 4.46. The maximum absolute atomic E-state index is 6.66. The largest absolute Gasteiger partial charge is 0.493 e. The van der Waals surface area contributed by atoms with Crippen LogP contribution in [0.25, 0.3) is 0 Å². The molecule has 0 radical (unpaired) electrons. The molecule has 0 amide bonds. The van der Waals surface area contributed by atoms with Crippen LogP contribution in [0.15, 0.2) is 12.1 Å². The highest BCUT2D eigenvalue weighted by molar-refractivity contribution is 6.33. The minimum atomic E-state index is 0.377. The summed E-state index contributed by atoms with van der Waals surface area (Å²) in [6.45, 7) is 4.24. The smallest absolute Gasteiger partial charge is 0.179 e. The van der Waals surface area contributed by atoms with Crippen LogP contribution in [0, 0.1) is 5.92 Å². The van der Waals surface area contributed by atoms with Gasteiger partial charge in [0.05, 0.1) is 19.2 Å². The van der Waals surface area contributed by atoms with E-state index in [0.717, 1.165) is 32.1 Å². The second kappa shape index (κ2) is 7.07. The summed E-state index contributed by atoms with van der Waals surface area (Å²) in [4.78, 5) is 2.56. The Morgan fingerprint density at radius 2 is 1.95 bits per heavy atom. The van der Waals surface area contributed by atoms with E-state index in [1.165, 1.54) is 24.8 Å². The van der Waals surface area contributed by atoms with E-state index in [2.05, 4.69) is 16.3 Å². The first kappa shape index (κ1) is 15.9. The van der Waals surface area contributed by atoms with Gasteiger partial charge >= 0.3 is 0 Å². The average molecular weight is 325 g/mol. The number of rotatable bonds is 6. The summed E-state index contributed by atoms with van der Waals surface area (Å²) in [5, 5.41) is 4.13. The molecule has 3 rings (SSSR count). The van der Waals surface area contributed by atoms with E-state index in [4.69, 9.17) is 21.1 Å². The zero-order valence-electron chi connectivity index (χ0n) is 13.4. The number of ether oxygens (including phenoxy) is 2. The molecule has 1 aromatic rings. The van der Waals surface area contributed by atoms with Crippen molar-refractivity contribution in [1.82, 2.24) is 10.2 Å². The molecule has 2 aliphatic rings. The van der Waals surface area contributed by atoms with Gasteiger partial charge in [0.2, 0.25) is 0 Å². The lowest BCUT2D eigenvalue weighted by Crippen LogP contribution is -2.45. The Labute approximate surface area is 137 Å². The van der Waals surface area contributed by atoms with E-state index in [-0.39, 0.29) is 0 Å². The Kier molecular flexibility index (Phi) is 5.11. The standard InChI is InChI=1S/C17H25ClN2O2/c1-21-15-6-5-13(16(18)17(15)22-2)14(11-12-3-4-12)20-9-7-19-8-10-20/h5-6,12,14,19H,3-4,7-11H2,1-2H3/t14-/m1/s1. The van der Waals surface area contributed by atoms with Crippen molar-refractivity contribution in [1.29, 1.82) is 0 Å². The summed E-state index contributed by atoms with van der Waals surface area (Å²) in [5.74, 6) is 2.20. The van der Waals surface area contributed by atoms with Gasteiger partial charge in [0.15, 0.2) is 11.5 Å². The predicted octanol–water partition coefficient (Wildman–Crippen LogP) is 3.10. The van der Waals surface area contributed by atoms with Crippen LogP contribution in [0.3, 0.4) is 0 Å².